The molecule has 0 unspecified atom stereocenters. The third-order valence-electron chi connectivity index (χ3n) is 2.69. The number of carbonyl (C=O) groups is 1. The second kappa shape index (κ2) is 3.50. The quantitative estimate of drug-likeness (QED) is 0.671. The fourth-order valence-corrected chi connectivity index (χ4v) is 4.61. The van der Waals surface area contributed by atoms with Gasteiger partial charge in [-0.25, -0.2) is 0 Å². The van der Waals surface area contributed by atoms with E-state index in [0.717, 1.165) is 11.1 Å². The summed E-state index contributed by atoms with van der Waals surface area (Å²) < 4.78 is 2.51. The van der Waals surface area contributed by atoms with Crippen molar-refractivity contribution in [2.45, 2.75) is 0 Å². The van der Waals surface area contributed by atoms with Gasteiger partial charge >= 0.3 is 99.5 Å². The first-order chi connectivity index (χ1) is 7.77. The molecule has 1 heterocycles. The zero-order valence-corrected chi connectivity index (χ0v) is 10.2. The maximum atomic E-state index is 11.2. The number of carboxylic acids is 1. The van der Waals surface area contributed by atoms with E-state index in [9.17, 15) is 9.90 Å². The van der Waals surface area contributed by atoms with E-state index < -0.39 is 5.97 Å². The van der Waals surface area contributed by atoms with Crippen LogP contribution in [-0.4, -0.2) is 26.8 Å². The zero-order chi connectivity index (χ0) is 11.1. The standard InChI is InChI=1S/C13H8AsO2/c15-13(16)9-5-3-7-11-12(9)8-4-1-2-6-10(8)14-11/h1-7H,(H,15,16). The van der Waals surface area contributed by atoms with Gasteiger partial charge in [-0.05, 0) is 0 Å². The van der Waals surface area contributed by atoms with Crippen LogP contribution in [0.1, 0.15) is 10.4 Å². The second-order valence-corrected chi connectivity index (χ2v) is 6.12. The average molecular weight is 271 g/mol. The van der Waals surface area contributed by atoms with E-state index in [1.54, 1.807) is 6.07 Å². The Hall–Kier alpha value is -1.53. The van der Waals surface area contributed by atoms with Gasteiger partial charge in [0, 0.05) is 0 Å². The molecular formula is C13H8AsO2. The first-order valence-electron chi connectivity index (χ1n) is 4.95. The van der Waals surface area contributed by atoms with E-state index in [4.69, 9.17) is 0 Å². The molecule has 0 atom stereocenters. The summed E-state index contributed by atoms with van der Waals surface area (Å²) in [6, 6.07) is 13.7. The van der Waals surface area contributed by atoms with Crippen molar-refractivity contribution in [1.82, 2.24) is 0 Å². The van der Waals surface area contributed by atoms with Crippen LogP contribution < -0.4 is 8.70 Å². The van der Waals surface area contributed by atoms with Crippen molar-refractivity contribution in [3.05, 3.63) is 48.0 Å². The van der Waals surface area contributed by atoms with Crippen molar-refractivity contribution in [3.63, 3.8) is 0 Å². The predicted molar refractivity (Wildman–Crippen MR) is 63.9 cm³/mol. The van der Waals surface area contributed by atoms with Crippen molar-refractivity contribution >= 4 is 30.4 Å². The number of benzene rings is 2. The monoisotopic (exact) mass is 271 g/mol. The summed E-state index contributed by atoms with van der Waals surface area (Å²) in [6.07, 6.45) is 0. The molecule has 1 aliphatic heterocycles. The molecule has 2 aromatic rings. The Kier molecular flexibility index (Phi) is 2.12. The Morgan fingerprint density at radius 2 is 1.75 bits per heavy atom. The summed E-state index contributed by atoms with van der Waals surface area (Å²) in [7, 11) is 0. The third kappa shape index (κ3) is 1.30. The second-order valence-electron chi connectivity index (χ2n) is 3.63. The first-order valence-corrected chi connectivity index (χ1v) is 6.82. The molecule has 0 aliphatic carbocycles. The van der Waals surface area contributed by atoms with Crippen LogP contribution in [0.15, 0.2) is 42.5 Å². The van der Waals surface area contributed by atoms with Gasteiger partial charge in [-0.15, -0.1) is 0 Å². The van der Waals surface area contributed by atoms with Crippen LogP contribution in [0.25, 0.3) is 11.1 Å². The Morgan fingerprint density at radius 1 is 1.00 bits per heavy atom. The third-order valence-corrected chi connectivity index (χ3v) is 5.30. The molecule has 1 aliphatic rings. The van der Waals surface area contributed by atoms with Crippen LogP contribution in [0, 0.1) is 0 Å². The van der Waals surface area contributed by atoms with Gasteiger partial charge in [-0.2, -0.15) is 0 Å². The number of carboxylic acid groups (broad SMARTS) is 1. The van der Waals surface area contributed by atoms with Gasteiger partial charge in [0.15, 0.2) is 0 Å². The van der Waals surface area contributed by atoms with E-state index in [2.05, 4.69) is 6.07 Å². The van der Waals surface area contributed by atoms with Gasteiger partial charge in [0.1, 0.15) is 0 Å². The summed E-state index contributed by atoms with van der Waals surface area (Å²) in [5, 5.41) is 9.18. The minimum atomic E-state index is -0.838. The number of hydrogen-bond donors (Lipinski definition) is 1. The number of rotatable bonds is 1. The Bertz CT molecular complexity index is 590. The van der Waals surface area contributed by atoms with E-state index in [1.165, 1.54) is 8.70 Å². The minimum absolute atomic E-state index is 0.0488. The zero-order valence-electron chi connectivity index (χ0n) is 8.34. The van der Waals surface area contributed by atoms with Gasteiger partial charge < -0.3 is 0 Å². The van der Waals surface area contributed by atoms with Gasteiger partial charge in [-0.1, -0.05) is 0 Å². The molecule has 3 rings (SSSR count). The van der Waals surface area contributed by atoms with Crippen LogP contribution in [0.2, 0.25) is 0 Å². The molecule has 0 saturated heterocycles. The van der Waals surface area contributed by atoms with Crippen molar-refractivity contribution < 1.29 is 9.90 Å². The normalized spacial score (nSPS) is 13.5. The molecule has 0 fully saturated rings. The Labute approximate surface area is 99.6 Å². The summed E-state index contributed by atoms with van der Waals surface area (Å²) in [5.41, 5.74) is 2.47. The topological polar surface area (TPSA) is 37.3 Å². The molecular weight excluding hydrogens is 263 g/mol. The van der Waals surface area contributed by atoms with E-state index >= 15 is 0 Å². The van der Waals surface area contributed by atoms with Crippen molar-refractivity contribution in [3.8, 4) is 11.1 Å². The first kappa shape index (κ1) is 9.68. The van der Waals surface area contributed by atoms with Crippen LogP contribution >= 0.6 is 0 Å². The maximum absolute atomic E-state index is 11.2. The van der Waals surface area contributed by atoms with E-state index in [0.29, 0.717) is 5.56 Å². The van der Waals surface area contributed by atoms with Crippen molar-refractivity contribution in [2.24, 2.45) is 0 Å². The summed E-state index contributed by atoms with van der Waals surface area (Å²) >= 11 is -0.0488. The van der Waals surface area contributed by atoms with Gasteiger partial charge in [-0.3, -0.25) is 0 Å². The number of fused-ring (bicyclic) bond motifs is 3. The molecule has 2 aromatic carbocycles. The SMILES string of the molecule is O=C(O)c1cccc2c1-c1ccccc1[As]2. The molecule has 0 saturated carbocycles. The van der Waals surface area contributed by atoms with Crippen molar-refractivity contribution in [1.29, 1.82) is 0 Å². The van der Waals surface area contributed by atoms with Crippen LogP contribution in [0.4, 0.5) is 0 Å². The molecule has 77 valence electrons. The number of aromatic carboxylic acids is 1. The average Bonchev–Trinajstić information content (AvgIpc) is 2.66. The molecule has 0 aromatic heterocycles. The summed E-state index contributed by atoms with van der Waals surface area (Å²) in [5.74, 6) is -0.838. The van der Waals surface area contributed by atoms with Crippen molar-refractivity contribution in [2.75, 3.05) is 0 Å². The van der Waals surface area contributed by atoms with E-state index in [-0.39, 0.29) is 15.8 Å². The van der Waals surface area contributed by atoms with E-state index in [1.807, 2.05) is 30.3 Å². The predicted octanol–water partition coefficient (Wildman–Crippen LogP) is 1.02. The Balaban J connectivity index is 2.33. The van der Waals surface area contributed by atoms with Gasteiger partial charge in [0.05, 0.1) is 0 Å². The molecule has 0 amide bonds. The van der Waals surface area contributed by atoms with Crippen LogP contribution in [-0.2, 0) is 0 Å². The fourth-order valence-electron chi connectivity index (χ4n) is 2.01. The summed E-state index contributed by atoms with van der Waals surface area (Å²) in [6.45, 7) is 0. The molecule has 0 bridgehead atoms. The molecule has 1 N–H and O–H groups in total. The number of hydrogen-bond acceptors (Lipinski definition) is 1. The molecule has 3 heteroatoms. The molecule has 1 radical (unpaired) electrons. The molecule has 2 nitrogen and oxygen atoms in total. The Morgan fingerprint density at radius 3 is 2.56 bits per heavy atom. The molecule has 0 spiro atoms. The van der Waals surface area contributed by atoms with Gasteiger partial charge in [0.2, 0.25) is 0 Å². The summed E-state index contributed by atoms with van der Waals surface area (Å²) in [4.78, 5) is 11.2. The fraction of sp³-hybridized carbons (Fsp3) is 0. The molecule has 16 heavy (non-hydrogen) atoms. The van der Waals surface area contributed by atoms with Gasteiger partial charge in [0.25, 0.3) is 0 Å². The van der Waals surface area contributed by atoms with Crippen LogP contribution in [0.5, 0.6) is 0 Å². The van der Waals surface area contributed by atoms with Crippen LogP contribution in [0.3, 0.4) is 0 Å².